The number of carbonyl (C=O) groups excluding carboxylic acids is 2. The number of amides is 2. The third-order valence-corrected chi connectivity index (χ3v) is 6.00. The summed E-state index contributed by atoms with van der Waals surface area (Å²) in [5, 5.41) is 15.1. The number of nitrogens with zero attached hydrogens (tertiary/aromatic N) is 3. The van der Waals surface area contributed by atoms with Gasteiger partial charge in [-0.25, -0.2) is 0 Å². The van der Waals surface area contributed by atoms with E-state index in [4.69, 9.17) is 4.74 Å². The molecule has 0 saturated heterocycles. The van der Waals surface area contributed by atoms with E-state index in [1.54, 1.807) is 31.4 Å². The summed E-state index contributed by atoms with van der Waals surface area (Å²) in [6, 6.07) is 14.9. The summed E-state index contributed by atoms with van der Waals surface area (Å²) in [6.07, 6.45) is 2.06. The van der Waals surface area contributed by atoms with Crippen LogP contribution in [0.5, 0.6) is 5.75 Å². The first-order valence-corrected chi connectivity index (χ1v) is 11.5. The fourth-order valence-electron chi connectivity index (χ4n) is 3.27. The van der Waals surface area contributed by atoms with E-state index in [1.807, 2.05) is 35.8 Å². The Labute approximate surface area is 190 Å². The molecule has 1 aliphatic rings. The molecule has 0 spiro atoms. The molecule has 8 nitrogen and oxygen atoms in total. The molecule has 3 aromatic rings. The molecule has 1 aliphatic carbocycles. The van der Waals surface area contributed by atoms with Crippen LogP contribution in [0.3, 0.4) is 0 Å². The molecule has 166 valence electrons. The quantitative estimate of drug-likeness (QED) is 0.483. The van der Waals surface area contributed by atoms with Crippen molar-refractivity contribution in [1.82, 2.24) is 20.1 Å². The molecule has 0 atom stereocenters. The third kappa shape index (κ3) is 5.11. The van der Waals surface area contributed by atoms with Crippen molar-refractivity contribution in [2.45, 2.75) is 37.5 Å². The summed E-state index contributed by atoms with van der Waals surface area (Å²) in [5.41, 5.74) is 1.97. The Hall–Kier alpha value is -3.33. The Kier molecular flexibility index (Phi) is 6.75. The summed E-state index contributed by atoms with van der Waals surface area (Å²) in [7, 11) is 1.62. The van der Waals surface area contributed by atoms with Gasteiger partial charge in [-0.15, -0.1) is 10.2 Å². The third-order valence-electron chi connectivity index (χ3n) is 5.03. The first kappa shape index (κ1) is 21.9. The molecule has 32 heavy (non-hydrogen) atoms. The molecule has 0 radical (unpaired) electrons. The van der Waals surface area contributed by atoms with Crippen molar-refractivity contribution < 1.29 is 14.3 Å². The van der Waals surface area contributed by atoms with Crippen molar-refractivity contribution in [2.75, 3.05) is 18.2 Å². The van der Waals surface area contributed by atoms with Gasteiger partial charge in [0, 0.05) is 23.8 Å². The molecular formula is C23H25N5O3S. The topological polar surface area (TPSA) is 98.1 Å². The average Bonchev–Trinajstić information content (AvgIpc) is 3.53. The number of benzene rings is 2. The standard InChI is InChI=1S/C23H25N5O3S/c1-3-28-21(18-9-4-5-10-19(18)31-2)26-27-23(28)32-14-20(29)24-17-8-6-7-15(13-17)22(30)25-16-11-12-16/h4-10,13,16H,3,11-12,14H2,1-2H3,(H,24,29)(H,25,30). The summed E-state index contributed by atoms with van der Waals surface area (Å²) in [6.45, 7) is 2.66. The number of aromatic nitrogens is 3. The lowest BCUT2D eigenvalue weighted by molar-refractivity contribution is -0.113. The van der Waals surface area contributed by atoms with Crippen LogP contribution in [0.2, 0.25) is 0 Å². The number of anilines is 1. The molecule has 2 aromatic carbocycles. The zero-order valence-corrected chi connectivity index (χ0v) is 18.8. The maximum Gasteiger partial charge on any atom is 0.251 e. The van der Waals surface area contributed by atoms with E-state index in [9.17, 15) is 9.59 Å². The van der Waals surface area contributed by atoms with Crippen LogP contribution < -0.4 is 15.4 Å². The van der Waals surface area contributed by atoms with Crippen molar-refractivity contribution in [3.05, 3.63) is 54.1 Å². The van der Waals surface area contributed by atoms with Gasteiger partial charge < -0.3 is 19.9 Å². The molecule has 1 heterocycles. The average molecular weight is 452 g/mol. The van der Waals surface area contributed by atoms with Crippen LogP contribution >= 0.6 is 11.8 Å². The Morgan fingerprint density at radius 3 is 2.72 bits per heavy atom. The van der Waals surface area contributed by atoms with Gasteiger partial charge in [-0.2, -0.15) is 0 Å². The number of hydrogen-bond acceptors (Lipinski definition) is 6. The smallest absolute Gasteiger partial charge is 0.251 e. The van der Waals surface area contributed by atoms with Gasteiger partial charge in [0.25, 0.3) is 5.91 Å². The van der Waals surface area contributed by atoms with Crippen LogP contribution in [0, 0.1) is 0 Å². The van der Waals surface area contributed by atoms with E-state index < -0.39 is 0 Å². The Morgan fingerprint density at radius 1 is 1.16 bits per heavy atom. The van der Waals surface area contributed by atoms with E-state index in [1.165, 1.54) is 11.8 Å². The van der Waals surface area contributed by atoms with Crippen LogP contribution in [0.4, 0.5) is 5.69 Å². The molecule has 0 aliphatic heterocycles. The van der Waals surface area contributed by atoms with Crippen molar-refractivity contribution >= 4 is 29.3 Å². The van der Waals surface area contributed by atoms with E-state index in [0.717, 1.165) is 24.2 Å². The second-order valence-electron chi connectivity index (χ2n) is 7.42. The lowest BCUT2D eigenvalue weighted by Crippen LogP contribution is -2.25. The van der Waals surface area contributed by atoms with Gasteiger partial charge in [0.15, 0.2) is 11.0 Å². The van der Waals surface area contributed by atoms with Gasteiger partial charge in [0.2, 0.25) is 5.91 Å². The zero-order chi connectivity index (χ0) is 22.5. The lowest BCUT2D eigenvalue weighted by atomic mass is 10.2. The highest BCUT2D eigenvalue weighted by Crippen LogP contribution is 2.30. The van der Waals surface area contributed by atoms with E-state index in [2.05, 4.69) is 20.8 Å². The normalized spacial score (nSPS) is 12.9. The van der Waals surface area contributed by atoms with Crippen molar-refractivity contribution in [3.63, 3.8) is 0 Å². The molecule has 1 fully saturated rings. The summed E-state index contributed by atoms with van der Waals surface area (Å²) < 4.78 is 7.40. The molecular weight excluding hydrogens is 426 g/mol. The Balaban J connectivity index is 1.40. The predicted molar refractivity (Wildman–Crippen MR) is 124 cm³/mol. The molecule has 2 N–H and O–H groups in total. The first-order chi connectivity index (χ1) is 15.6. The van der Waals surface area contributed by atoms with Gasteiger partial charge in [-0.05, 0) is 50.1 Å². The molecule has 0 unspecified atom stereocenters. The highest BCUT2D eigenvalue weighted by Gasteiger charge is 2.24. The van der Waals surface area contributed by atoms with Crippen molar-refractivity contribution in [3.8, 4) is 17.1 Å². The van der Waals surface area contributed by atoms with E-state index in [0.29, 0.717) is 28.8 Å². The number of thioether (sulfide) groups is 1. The minimum atomic E-state index is -0.181. The van der Waals surface area contributed by atoms with Gasteiger partial charge in [-0.3, -0.25) is 9.59 Å². The van der Waals surface area contributed by atoms with Crippen molar-refractivity contribution in [1.29, 1.82) is 0 Å². The van der Waals surface area contributed by atoms with Gasteiger partial charge in [0.05, 0.1) is 18.4 Å². The van der Waals surface area contributed by atoms with Gasteiger partial charge in [-0.1, -0.05) is 30.0 Å². The van der Waals surface area contributed by atoms with Crippen LogP contribution in [-0.2, 0) is 11.3 Å². The summed E-state index contributed by atoms with van der Waals surface area (Å²) >= 11 is 1.31. The predicted octanol–water partition coefficient (Wildman–Crippen LogP) is 3.60. The molecule has 2 amide bonds. The SMILES string of the molecule is CCn1c(SCC(=O)Nc2cccc(C(=O)NC3CC3)c2)nnc1-c1ccccc1OC. The second kappa shape index (κ2) is 9.86. The number of methoxy groups -OCH3 is 1. The molecule has 1 aromatic heterocycles. The van der Waals surface area contributed by atoms with Crippen LogP contribution in [0.15, 0.2) is 53.7 Å². The minimum Gasteiger partial charge on any atom is -0.496 e. The number of carbonyl (C=O) groups is 2. The highest BCUT2D eigenvalue weighted by atomic mass is 32.2. The van der Waals surface area contributed by atoms with Crippen LogP contribution in [-0.4, -0.2) is 45.5 Å². The number of nitrogens with one attached hydrogen (secondary N) is 2. The van der Waals surface area contributed by atoms with E-state index >= 15 is 0 Å². The lowest BCUT2D eigenvalue weighted by Gasteiger charge is -2.10. The zero-order valence-electron chi connectivity index (χ0n) is 18.0. The molecule has 0 bridgehead atoms. The minimum absolute atomic E-state index is 0.113. The molecule has 1 saturated carbocycles. The fraction of sp³-hybridized carbons (Fsp3) is 0.304. The molecule has 4 rings (SSSR count). The number of hydrogen-bond donors (Lipinski definition) is 2. The van der Waals surface area contributed by atoms with Crippen LogP contribution in [0.1, 0.15) is 30.1 Å². The fourth-order valence-corrected chi connectivity index (χ4v) is 4.07. The highest BCUT2D eigenvalue weighted by molar-refractivity contribution is 7.99. The van der Waals surface area contributed by atoms with E-state index in [-0.39, 0.29) is 23.6 Å². The summed E-state index contributed by atoms with van der Waals surface area (Å²) in [4.78, 5) is 24.7. The molecule has 9 heteroatoms. The maximum atomic E-state index is 12.5. The largest absolute Gasteiger partial charge is 0.496 e. The van der Waals surface area contributed by atoms with Gasteiger partial charge >= 0.3 is 0 Å². The van der Waals surface area contributed by atoms with Crippen molar-refractivity contribution in [2.24, 2.45) is 0 Å². The Morgan fingerprint density at radius 2 is 1.97 bits per heavy atom. The second-order valence-corrected chi connectivity index (χ2v) is 8.36. The van der Waals surface area contributed by atoms with Gasteiger partial charge in [0.1, 0.15) is 5.75 Å². The number of para-hydroxylation sites is 1. The maximum absolute atomic E-state index is 12.5. The Bertz CT molecular complexity index is 1130. The number of rotatable bonds is 9. The summed E-state index contributed by atoms with van der Waals surface area (Å²) in [5.74, 6) is 1.29. The number of ether oxygens (including phenoxy) is 1. The first-order valence-electron chi connectivity index (χ1n) is 10.5. The monoisotopic (exact) mass is 451 g/mol. The van der Waals surface area contributed by atoms with Crippen LogP contribution in [0.25, 0.3) is 11.4 Å².